The number of aromatic amines is 1. The molecule has 6 heteroatoms. The van der Waals surface area contributed by atoms with Crippen molar-refractivity contribution in [3.05, 3.63) is 45.2 Å². The van der Waals surface area contributed by atoms with Crippen molar-refractivity contribution in [2.75, 3.05) is 0 Å². The summed E-state index contributed by atoms with van der Waals surface area (Å²) in [6, 6.07) is 4.44. The van der Waals surface area contributed by atoms with Crippen LogP contribution in [0.1, 0.15) is 28.5 Å². The molecule has 0 unspecified atom stereocenters. The monoisotopic (exact) mass is 269 g/mol. The molecule has 19 heavy (non-hydrogen) atoms. The topological polar surface area (TPSA) is 49.9 Å². The largest absolute Gasteiger partial charge is 0.432 e. The lowest BCUT2D eigenvalue weighted by atomic mass is 10.0. The van der Waals surface area contributed by atoms with Gasteiger partial charge in [0.2, 0.25) is 5.43 Å². The van der Waals surface area contributed by atoms with Crippen LogP contribution < -0.4 is 5.43 Å². The summed E-state index contributed by atoms with van der Waals surface area (Å²) in [5, 5.41) is 0.0817. The van der Waals surface area contributed by atoms with Gasteiger partial charge in [0.25, 0.3) is 0 Å². The molecule has 2 rings (SSSR count). The van der Waals surface area contributed by atoms with Crippen LogP contribution in [-0.4, -0.2) is 10.8 Å². The number of carbonyl (C=O) groups is 1. The Morgan fingerprint density at radius 1 is 1.26 bits per heavy atom. The molecule has 0 fully saturated rings. The quantitative estimate of drug-likeness (QED) is 0.809. The second-order valence-corrected chi connectivity index (χ2v) is 4.31. The number of Topliss-reactive ketones (excluding diaryl/α,β-unsaturated/α-hetero) is 1. The fourth-order valence-electron chi connectivity index (χ4n) is 1.95. The predicted molar refractivity (Wildman–Crippen MR) is 64.3 cm³/mol. The van der Waals surface area contributed by atoms with Gasteiger partial charge in [-0.3, -0.25) is 9.59 Å². The van der Waals surface area contributed by atoms with E-state index in [0.717, 1.165) is 12.5 Å². The molecule has 0 bridgehead atoms. The molecule has 100 valence electrons. The summed E-state index contributed by atoms with van der Waals surface area (Å²) in [5.74, 6) is -0.906. The molecule has 3 nitrogen and oxygen atoms in total. The molecule has 0 amide bonds. The number of carbonyl (C=O) groups excluding carboxylic acids is 1. The van der Waals surface area contributed by atoms with E-state index in [1.165, 1.54) is 12.1 Å². The highest BCUT2D eigenvalue weighted by Gasteiger charge is 2.37. The normalized spacial score (nSPS) is 11.8. The van der Waals surface area contributed by atoms with Gasteiger partial charge in [0.15, 0.2) is 5.78 Å². The zero-order valence-electron chi connectivity index (χ0n) is 10.2. The van der Waals surface area contributed by atoms with Gasteiger partial charge in [-0.2, -0.15) is 13.2 Å². The second kappa shape index (κ2) is 4.22. The summed E-state index contributed by atoms with van der Waals surface area (Å²) in [7, 11) is 0. The number of hydrogen-bond donors (Lipinski definition) is 1. The molecule has 1 aromatic carbocycles. The van der Waals surface area contributed by atoms with Crippen molar-refractivity contribution in [1.29, 1.82) is 0 Å². The zero-order chi connectivity index (χ0) is 14.4. The van der Waals surface area contributed by atoms with E-state index in [9.17, 15) is 22.8 Å². The molecule has 0 radical (unpaired) electrons. The van der Waals surface area contributed by atoms with E-state index in [1.807, 2.05) is 0 Å². The summed E-state index contributed by atoms with van der Waals surface area (Å²) in [6.45, 7) is 2.66. The molecule has 1 N–H and O–H groups in total. The van der Waals surface area contributed by atoms with Gasteiger partial charge in [0.05, 0.1) is 5.56 Å². The predicted octanol–water partition coefficient (Wildman–Crippen LogP) is 3.06. The minimum Gasteiger partial charge on any atom is -0.350 e. The highest BCUT2D eigenvalue weighted by molar-refractivity contribution is 5.98. The number of halogens is 3. The van der Waals surface area contributed by atoms with Crippen LogP contribution in [0.2, 0.25) is 0 Å². The van der Waals surface area contributed by atoms with Crippen LogP contribution in [0.15, 0.2) is 23.0 Å². The van der Waals surface area contributed by atoms with Gasteiger partial charge in [-0.1, -0.05) is 11.6 Å². The molecule has 2 aromatic rings. The third kappa shape index (κ3) is 2.25. The lowest BCUT2D eigenvalue weighted by molar-refractivity contribution is -0.141. The van der Waals surface area contributed by atoms with Crippen LogP contribution in [0.5, 0.6) is 0 Å². The van der Waals surface area contributed by atoms with Crippen molar-refractivity contribution in [3.8, 4) is 0 Å². The number of nitrogens with one attached hydrogen (secondary N) is 1. The number of benzene rings is 1. The van der Waals surface area contributed by atoms with Crippen molar-refractivity contribution in [1.82, 2.24) is 4.98 Å². The maximum atomic E-state index is 12.9. The van der Waals surface area contributed by atoms with Gasteiger partial charge in [-0.15, -0.1) is 0 Å². The molecular formula is C13H10F3NO2. The average Bonchev–Trinajstić information content (AvgIpc) is 2.27. The molecule has 1 aromatic heterocycles. The summed E-state index contributed by atoms with van der Waals surface area (Å²) < 4.78 is 38.6. The lowest BCUT2D eigenvalue weighted by Crippen LogP contribution is -2.23. The fraction of sp³-hybridized carbons (Fsp3) is 0.231. The Bertz CT molecular complexity index is 729. The Balaban J connectivity index is 2.99. The Kier molecular flexibility index (Phi) is 2.96. The first kappa shape index (κ1) is 13.3. The van der Waals surface area contributed by atoms with Crippen LogP contribution in [0.25, 0.3) is 10.9 Å². The summed E-state index contributed by atoms with van der Waals surface area (Å²) in [5.41, 5.74) is -2.23. The van der Waals surface area contributed by atoms with Crippen LogP contribution in [-0.2, 0) is 6.18 Å². The third-order valence-electron chi connectivity index (χ3n) is 2.79. The number of aromatic nitrogens is 1. The van der Waals surface area contributed by atoms with Crippen LogP contribution in [0.3, 0.4) is 0 Å². The standard InChI is InChI=1S/C13H10F3NO2/c1-6-3-4-9-8(5-6)11(19)10(7(2)18)12(17-9)13(14,15)16/h3-5H,1-2H3,(H,17,19). The number of alkyl halides is 3. The van der Waals surface area contributed by atoms with Crippen molar-refractivity contribution in [3.63, 3.8) is 0 Å². The maximum absolute atomic E-state index is 12.9. The first-order chi connectivity index (χ1) is 8.71. The number of aryl methyl sites for hydroxylation is 1. The molecule has 0 aliphatic rings. The molecule has 0 saturated carbocycles. The first-order valence-electron chi connectivity index (χ1n) is 5.46. The van der Waals surface area contributed by atoms with E-state index in [4.69, 9.17) is 0 Å². The van der Waals surface area contributed by atoms with Gasteiger partial charge >= 0.3 is 6.18 Å². The lowest BCUT2D eigenvalue weighted by Gasteiger charge is -2.12. The number of pyridine rings is 1. The van der Waals surface area contributed by atoms with Crippen molar-refractivity contribution in [2.24, 2.45) is 0 Å². The molecule has 0 aliphatic heterocycles. The smallest absolute Gasteiger partial charge is 0.350 e. The number of rotatable bonds is 1. The van der Waals surface area contributed by atoms with E-state index < -0.39 is 28.6 Å². The van der Waals surface area contributed by atoms with Crippen molar-refractivity contribution < 1.29 is 18.0 Å². The van der Waals surface area contributed by atoms with Gasteiger partial charge in [-0.05, 0) is 26.0 Å². The summed E-state index contributed by atoms with van der Waals surface area (Å²) in [6.07, 6.45) is -4.78. The van der Waals surface area contributed by atoms with Crippen LogP contribution in [0.4, 0.5) is 13.2 Å². The summed E-state index contributed by atoms with van der Waals surface area (Å²) in [4.78, 5) is 25.5. The van der Waals surface area contributed by atoms with Crippen LogP contribution >= 0.6 is 0 Å². The van der Waals surface area contributed by atoms with Crippen molar-refractivity contribution >= 4 is 16.7 Å². The number of fused-ring (bicyclic) bond motifs is 1. The van der Waals surface area contributed by atoms with Gasteiger partial charge in [-0.25, -0.2) is 0 Å². The Hall–Kier alpha value is -2.11. The van der Waals surface area contributed by atoms with E-state index >= 15 is 0 Å². The Morgan fingerprint density at radius 2 is 1.89 bits per heavy atom. The second-order valence-electron chi connectivity index (χ2n) is 4.31. The average molecular weight is 269 g/mol. The maximum Gasteiger partial charge on any atom is 0.432 e. The van der Waals surface area contributed by atoms with Gasteiger partial charge in [0.1, 0.15) is 5.69 Å². The van der Waals surface area contributed by atoms with E-state index in [2.05, 4.69) is 4.98 Å². The third-order valence-corrected chi connectivity index (χ3v) is 2.79. The summed E-state index contributed by atoms with van der Waals surface area (Å²) >= 11 is 0. The highest BCUT2D eigenvalue weighted by atomic mass is 19.4. The van der Waals surface area contributed by atoms with Gasteiger partial charge in [0, 0.05) is 10.9 Å². The van der Waals surface area contributed by atoms with Crippen LogP contribution in [0, 0.1) is 6.92 Å². The first-order valence-corrected chi connectivity index (χ1v) is 5.46. The van der Waals surface area contributed by atoms with E-state index in [1.54, 1.807) is 13.0 Å². The molecule has 0 spiro atoms. The molecule has 0 aliphatic carbocycles. The molecule has 0 atom stereocenters. The minimum absolute atomic E-state index is 0.0629. The number of hydrogen-bond acceptors (Lipinski definition) is 2. The van der Waals surface area contributed by atoms with Gasteiger partial charge < -0.3 is 4.98 Å². The van der Waals surface area contributed by atoms with Crippen molar-refractivity contribution in [2.45, 2.75) is 20.0 Å². The molecule has 1 heterocycles. The number of ketones is 1. The molecular weight excluding hydrogens is 259 g/mol. The Labute approximate surface area is 106 Å². The SMILES string of the molecule is CC(=O)c1c(C(F)(F)F)[nH]c2ccc(C)cc2c1=O. The fourth-order valence-corrected chi connectivity index (χ4v) is 1.95. The zero-order valence-corrected chi connectivity index (χ0v) is 10.2. The minimum atomic E-state index is -4.78. The van der Waals surface area contributed by atoms with E-state index in [-0.39, 0.29) is 10.9 Å². The van der Waals surface area contributed by atoms with E-state index in [0.29, 0.717) is 0 Å². The molecule has 0 saturated heterocycles. The Morgan fingerprint density at radius 3 is 2.42 bits per heavy atom. The highest BCUT2D eigenvalue weighted by Crippen LogP contribution is 2.30. The number of H-pyrrole nitrogens is 1.